The molecule has 1 aromatic heterocycles. The minimum absolute atomic E-state index is 0. The van der Waals surface area contributed by atoms with Crippen LogP contribution in [0.1, 0.15) is 76.7 Å². The molecule has 0 aliphatic heterocycles. The molecular weight excluding hydrogens is 591 g/mol. The Bertz CT molecular complexity index is 1030. The van der Waals surface area contributed by atoms with Gasteiger partial charge in [-0.2, -0.15) is 0 Å². The number of anilines is 3. The van der Waals surface area contributed by atoms with Gasteiger partial charge in [0.1, 0.15) is 5.82 Å². The number of methoxy groups -OCH3 is 1. The Hall–Kier alpha value is -0.818. The van der Waals surface area contributed by atoms with Crippen LogP contribution in [0.5, 0.6) is 5.75 Å². The summed E-state index contributed by atoms with van der Waals surface area (Å²) in [6, 6.07) is 7.32. The van der Waals surface area contributed by atoms with E-state index in [0.29, 0.717) is 34.1 Å². The fourth-order valence-corrected chi connectivity index (χ4v) is 3.49. The van der Waals surface area contributed by atoms with Crippen LogP contribution in [0.15, 0.2) is 35.5 Å². The predicted octanol–water partition coefficient (Wildman–Crippen LogP) is 4.57. The molecular formula is C27H40CsN5O2S. The maximum absolute atomic E-state index is 12.9. The first-order valence-corrected chi connectivity index (χ1v) is 12.5. The Balaban J connectivity index is 0.00000233. The molecule has 1 aliphatic rings. The first-order chi connectivity index (χ1) is 16.1. The summed E-state index contributed by atoms with van der Waals surface area (Å²) < 4.78 is 8.88. The summed E-state index contributed by atoms with van der Waals surface area (Å²) in [5, 5.41) is 11.5. The van der Waals surface area contributed by atoms with Crippen molar-refractivity contribution in [2.45, 2.75) is 65.6 Å². The summed E-state index contributed by atoms with van der Waals surface area (Å²) in [7, 11) is 1.56. The Labute approximate surface area is 280 Å². The number of carbonyl (C=O) groups is 1. The van der Waals surface area contributed by atoms with Crippen molar-refractivity contribution < 1.29 is 78.4 Å². The number of aromatic nitrogens is 1. The number of ether oxygens (including phenoxy) is 1. The molecule has 1 heterocycles. The van der Waals surface area contributed by atoms with Crippen molar-refractivity contribution in [3.05, 3.63) is 49.0 Å². The van der Waals surface area contributed by atoms with Crippen LogP contribution in [-0.2, 0) is 0 Å². The minimum atomic E-state index is 0. The van der Waals surface area contributed by atoms with Crippen molar-refractivity contribution in [2.24, 2.45) is 10.9 Å². The van der Waals surface area contributed by atoms with E-state index in [4.69, 9.17) is 10.1 Å². The molecule has 2 aromatic rings. The van der Waals surface area contributed by atoms with E-state index >= 15 is 0 Å². The van der Waals surface area contributed by atoms with Crippen molar-refractivity contribution >= 4 is 47.0 Å². The Morgan fingerprint density at radius 3 is 2.42 bits per heavy atom. The van der Waals surface area contributed by atoms with Gasteiger partial charge in [0.25, 0.3) is 0 Å². The van der Waals surface area contributed by atoms with Crippen molar-refractivity contribution in [2.75, 3.05) is 17.1 Å². The van der Waals surface area contributed by atoms with Crippen molar-refractivity contribution in [1.29, 1.82) is 5.41 Å². The van der Waals surface area contributed by atoms with Gasteiger partial charge in [-0.25, -0.2) is 9.98 Å². The molecule has 3 N–H and O–H groups in total. The quantitative estimate of drug-likeness (QED) is 0.130. The summed E-state index contributed by atoms with van der Waals surface area (Å²) >= 11 is 1.56. The van der Waals surface area contributed by atoms with Gasteiger partial charge < -0.3 is 22.2 Å². The first kappa shape index (κ1) is 35.2. The van der Waals surface area contributed by atoms with Crippen LogP contribution in [0.4, 0.5) is 17.2 Å². The number of nitrogens with zero attached hydrogens (tertiary/aromatic N) is 2. The van der Waals surface area contributed by atoms with Gasteiger partial charge in [-0.1, -0.05) is 26.3 Å². The van der Waals surface area contributed by atoms with E-state index in [1.165, 1.54) is 6.42 Å². The standard InChI is InChI=1S/C23H29N5O2S.C3H8.CH3.Cs/c1-6-25-22(24)15-8-7-9-17(21(15)30-5)27-18-12-19(28-31-23(2,3)4)26-13-16(18)20(29)14-10-11-14;1-3-2;;/h6-9,12-14,24H,10-11H2,1-5H3,(H2,26,27,28);3H2,1-2H3;1H3;/q;;-1;+1. The summed E-state index contributed by atoms with van der Waals surface area (Å²) in [5.41, 5.74) is 2.44. The first-order valence-electron chi connectivity index (χ1n) is 11.6. The van der Waals surface area contributed by atoms with Gasteiger partial charge in [-0.15, -0.1) is 0 Å². The molecule has 0 saturated heterocycles. The average molecular weight is 632 g/mol. The van der Waals surface area contributed by atoms with Crippen LogP contribution >= 0.6 is 11.9 Å². The third kappa shape index (κ3) is 10.9. The maximum atomic E-state index is 12.9. The molecule has 0 unspecified atom stereocenters. The van der Waals surface area contributed by atoms with Crippen LogP contribution in [0.3, 0.4) is 0 Å². The molecule has 3 rings (SSSR count). The van der Waals surface area contributed by atoms with Crippen LogP contribution < -0.4 is 83.7 Å². The second-order valence-corrected chi connectivity index (χ2v) is 10.7. The second kappa shape index (κ2) is 16.9. The van der Waals surface area contributed by atoms with E-state index in [-0.39, 0.29) is 98.6 Å². The molecule has 9 heteroatoms. The molecule has 0 amide bonds. The fourth-order valence-electron chi connectivity index (χ4n) is 2.97. The number of ketones is 1. The molecule has 0 atom stereocenters. The van der Waals surface area contributed by atoms with Gasteiger partial charge in [0.15, 0.2) is 17.4 Å². The molecule has 1 aliphatic carbocycles. The Kier molecular flexibility index (Phi) is 16.5. The maximum Gasteiger partial charge on any atom is 1.00 e. The third-order valence-electron chi connectivity index (χ3n) is 4.58. The fraction of sp³-hybridized carbons (Fsp3) is 0.444. The predicted molar refractivity (Wildman–Crippen MR) is 152 cm³/mol. The molecule has 0 radical (unpaired) electrons. The van der Waals surface area contributed by atoms with Crippen LogP contribution in [0.2, 0.25) is 0 Å². The zero-order valence-corrected chi connectivity index (χ0v) is 30.4. The van der Waals surface area contributed by atoms with Gasteiger partial charge in [0.05, 0.1) is 29.6 Å². The van der Waals surface area contributed by atoms with Gasteiger partial charge in [0.2, 0.25) is 0 Å². The number of carbonyl (C=O) groups excluding carboxylic acids is 1. The van der Waals surface area contributed by atoms with E-state index in [9.17, 15) is 4.79 Å². The molecule has 0 bridgehead atoms. The average Bonchev–Trinajstić information content (AvgIpc) is 3.63. The number of hydrogen-bond acceptors (Lipinski definition) is 7. The molecule has 7 nitrogen and oxygen atoms in total. The largest absolute Gasteiger partial charge is 1.00 e. The SMILES string of the molecule is CC=NC(=N)c1cccc(Nc2cc(NSC(C)(C)C)ncc2C(=O)C2CC2)c1OC.CCC.[CH3-].[Cs+]. The third-order valence-corrected chi connectivity index (χ3v) is 5.50. The van der Waals surface area contributed by atoms with Gasteiger partial charge in [-0.05, 0) is 64.6 Å². The summed E-state index contributed by atoms with van der Waals surface area (Å²) in [5.74, 6) is 1.44. The van der Waals surface area contributed by atoms with E-state index < -0.39 is 0 Å². The van der Waals surface area contributed by atoms with Crippen molar-refractivity contribution in [3.8, 4) is 5.75 Å². The number of aliphatic imine (C=N–C) groups is 1. The number of amidine groups is 1. The van der Waals surface area contributed by atoms with E-state index in [2.05, 4.69) is 54.6 Å². The topological polar surface area (TPSA) is 99.5 Å². The van der Waals surface area contributed by atoms with Crippen LogP contribution in [0.25, 0.3) is 0 Å². The molecule has 1 fully saturated rings. The zero-order valence-electron chi connectivity index (χ0n) is 23.3. The van der Waals surface area contributed by atoms with Crippen molar-refractivity contribution in [1.82, 2.24) is 4.98 Å². The molecule has 1 aromatic carbocycles. The number of nitrogens with one attached hydrogen (secondary N) is 3. The zero-order chi connectivity index (χ0) is 25.3. The smallest absolute Gasteiger partial charge is 0.494 e. The second-order valence-electron chi connectivity index (χ2n) is 9.02. The van der Waals surface area contributed by atoms with E-state index in [1.807, 2.05) is 18.2 Å². The van der Waals surface area contributed by atoms with E-state index in [0.717, 1.165) is 12.8 Å². The molecule has 0 spiro atoms. The molecule has 36 heavy (non-hydrogen) atoms. The molecule has 1 saturated carbocycles. The molecule has 192 valence electrons. The normalized spacial score (nSPS) is 12.4. The number of hydrogen-bond donors (Lipinski definition) is 3. The Morgan fingerprint density at radius 2 is 1.89 bits per heavy atom. The van der Waals surface area contributed by atoms with Crippen molar-refractivity contribution in [3.63, 3.8) is 0 Å². The van der Waals surface area contributed by atoms with Gasteiger partial charge >= 0.3 is 68.9 Å². The number of para-hydroxylation sites is 1. The number of pyridine rings is 1. The van der Waals surface area contributed by atoms with Crippen LogP contribution in [-0.4, -0.2) is 34.7 Å². The van der Waals surface area contributed by atoms with E-state index in [1.54, 1.807) is 44.5 Å². The number of Topliss-reactive ketones (excluding diaryl/α,β-unsaturated/α-hetero) is 1. The van der Waals surface area contributed by atoms with Gasteiger partial charge in [-0.3, -0.25) is 10.2 Å². The number of benzene rings is 1. The summed E-state index contributed by atoms with van der Waals surface area (Å²) in [6.07, 6.45) is 6.29. The minimum Gasteiger partial charge on any atom is -0.494 e. The monoisotopic (exact) mass is 631 g/mol. The summed E-state index contributed by atoms with van der Waals surface area (Å²) in [6.45, 7) is 12.3. The Morgan fingerprint density at radius 1 is 1.25 bits per heavy atom. The number of rotatable bonds is 8. The van der Waals surface area contributed by atoms with Gasteiger partial charge in [0, 0.05) is 29.1 Å². The summed E-state index contributed by atoms with van der Waals surface area (Å²) in [4.78, 5) is 21.4. The van der Waals surface area contributed by atoms with Crippen LogP contribution in [0, 0.1) is 18.8 Å².